The first kappa shape index (κ1) is 19.2. The van der Waals surface area contributed by atoms with Gasteiger partial charge in [0.1, 0.15) is 36.9 Å². The van der Waals surface area contributed by atoms with Crippen molar-refractivity contribution in [2.45, 2.75) is 12.2 Å². The molecule has 26 heavy (non-hydrogen) atoms. The molecule has 2 aromatic carbocycles. The molecule has 0 amide bonds. The average molecular weight is 614 g/mol. The first-order chi connectivity index (χ1) is 12.6. The summed E-state index contributed by atoms with van der Waals surface area (Å²) in [6.07, 6.45) is 0.354. The van der Waals surface area contributed by atoms with E-state index in [4.69, 9.17) is 18.9 Å². The predicted molar refractivity (Wildman–Crippen MR) is 113 cm³/mol. The quantitative estimate of drug-likeness (QED) is 0.220. The molecule has 2 heterocycles. The van der Waals surface area contributed by atoms with Gasteiger partial charge in [-0.3, -0.25) is 0 Å². The van der Waals surface area contributed by atoms with Crippen LogP contribution in [0.25, 0.3) is 11.1 Å². The molecule has 2 aliphatic heterocycles. The Kier molecular flexibility index (Phi) is 5.98. The Labute approximate surface area is 185 Å². The first-order valence-electron chi connectivity index (χ1n) is 8.00. The molecule has 2 atom stereocenters. The van der Waals surface area contributed by atoms with Gasteiger partial charge in [0.15, 0.2) is 0 Å². The Morgan fingerprint density at radius 3 is 2.04 bits per heavy atom. The van der Waals surface area contributed by atoms with Gasteiger partial charge in [-0.15, -0.1) is 0 Å². The summed E-state index contributed by atoms with van der Waals surface area (Å²) in [5, 5.41) is 0. The van der Waals surface area contributed by atoms with Crippen molar-refractivity contribution in [3.8, 4) is 22.6 Å². The summed E-state index contributed by atoms with van der Waals surface area (Å²) >= 11 is 14.6. The topological polar surface area (TPSA) is 43.5 Å². The van der Waals surface area contributed by atoms with Crippen molar-refractivity contribution in [2.75, 3.05) is 26.4 Å². The zero-order valence-electron chi connectivity index (χ0n) is 13.4. The van der Waals surface area contributed by atoms with Crippen molar-refractivity contribution >= 4 is 63.7 Å². The molecule has 0 radical (unpaired) electrons. The van der Waals surface area contributed by atoms with Crippen LogP contribution >= 0.6 is 63.7 Å². The highest BCUT2D eigenvalue weighted by Crippen LogP contribution is 2.52. The molecule has 2 fully saturated rings. The monoisotopic (exact) mass is 610 g/mol. The summed E-state index contributed by atoms with van der Waals surface area (Å²) < 4.78 is 26.2. The van der Waals surface area contributed by atoms with Crippen LogP contribution in [0.3, 0.4) is 0 Å². The van der Waals surface area contributed by atoms with E-state index in [1.165, 1.54) is 0 Å². The van der Waals surface area contributed by atoms with Crippen molar-refractivity contribution in [1.82, 2.24) is 0 Å². The van der Waals surface area contributed by atoms with E-state index in [2.05, 4.69) is 63.7 Å². The highest BCUT2D eigenvalue weighted by molar-refractivity contribution is 9.15. The van der Waals surface area contributed by atoms with E-state index in [-0.39, 0.29) is 12.2 Å². The van der Waals surface area contributed by atoms with E-state index in [0.29, 0.717) is 13.2 Å². The molecule has 0 aliphatic carbocycles. The van der Waals surface area contributed by atoms with Crippen molar-refractivity contribution in [3.05, 3.63) is 42.2 Å². The summed E-state index contributed by atoms with van der Waals surface area (Å²) in [4.78, 5) is 0. The van der Waals surface area contributed by atoms with Crippen LogP contribution in [-0.2, 0) is 9.47 Å². The molecular weight excluding hydrogens is 600 g/mol. The molecular formula is C18H14Br4O4. The van der Waals surface area contributed by atoms with E-state index < -0.39 is 0 Å². The fraction of sp³-hybridized carbons (Fsp3) is 0.333. The lowest BCUT2D eigenvalue weighted by Gasteiger charge is -2.20. The summed E-state index contributed by atoms with van der Waals surface area (Å²) in [7, 11) is 0. The fourth-order valence-corrected chi connectivity index (χ4v) is 4.88. The van der Waals surface area contributed by atoms with E-state index in [1.807, 2.05) is 24.3 Å². The molecule has 2 aliphatic rings. The molecule has 2 saturated heterocycles. The average Bonchev–Trinajstić information content (AvgIpc) is 3.55. The van der Waals surface area contributed by atoms with Gasteiger partial charge in [0.05, 0.1) is 22.2 Å². The van der Waals surface area contributed by atoms with Crippen LogP contribution in [0.4, 0.5) is 0 Å². The van der Waals surface area contributed by atoms with Gasteiger partial charge in [0.25, 0.3) is 0 Å². The lowest BCUT2D eigenvalue weighted by molar-refractivity contribution is 0.260. The molecule has 2 unspecified atom stereocenters. The van der Waals surface area contributed by atoms with Gasteiger partial charge in [-0.2, -0.15) is 0 Å². The molecule has 4 rings (SSSR count). The maximum Gasteiger partial charge on any atom is 0.143 e. The van der Waals surface area contributed by atoms with Gasteiger partial charge in [0.2, 0.25) is 0 Å². The van der Waals surface area contributed by atoms with Crippen molar-refractivity contribution in [1.29, 1.82) is 0 Å². The first-order valence-corrected chi connectivity index (χ1v) is 11.2. The fourth-order valence-electron chi connectivity index (χ4n) is 2.47. The number of rotatable bonds is 7. The van der Waals surface area contributed by atoms with Gasteiger partial charge in [0, 0.05) is 20.1 Å². The third-order valence-electron chi connectivity index (χ3n) is 4.02. The highest BCUT2D eigenvalue weighted by Gasteiger charge is 2.28. The molecule has 0 spiro atoms. The standard InChI is InChI=1S/C18H14Br4O4/c19-14-13(11-3-1-2-4-12(11)25-7-9-5-23-9)18(26-8-10-6-24-10)17(22)16(21)15(14)20/h1-4,9-10H,5-8H2. The molecule has 0 saturated carbocycles. The highest BCUT2D eigenvalue weighted by atomic mass is 79.9. The van der Waals surface area contributed by atoms with Crippen LogP contribution < -0.4 is 9.47 Å². The second-order valence-electron chi connectivity index (χ2n) is 5.99. The van der Waals surface area contributed by atoms with Crippen LogP contribution in [0.5, 0.6) is 11.5 Å². The number of halogens is 4. The van der Waals surface area contributed by atoms with Gasteiger partial charge < -0.3 is 18.9 Å². The SMILES string of the molecule is Brc1c(Br)c(Br)c(-c2ccccc2OCC2CO2)c(OCC2CO2)c1Br. The molecule has 8 heteroatoms. The molecule has 0 bridgehead atoms. The normalized spacial score (nSPS) is 20.8. The minimum absolute atomic E-state index is 0.162. The van der Waals surface area contributed by atoms with Crippen LogP contribution in [0.2, 0.25) is 0 Å². The maximum absolute atomic E-state index is 6.12. The third-order valence-corrected chi connectivity index (χ3v) is 8.76. The van der Waals surface area contributed by atoms with E-state index in [9.17, 15) is 0 Å². The summed E-state index contributed by atoms with van der Waals surface area (Å²) in [5.74, 6) is 1.53. The maximum atomic E-state index is 6.12. The number of hydrogen-bond donors (Lipinski definition) is 0. The number of para-hydroxylation sites is 1. The molecule has 138 valence electrons. The van der Waals surface area contributed by atoms with Gasteiger partial charge >= 0.3 is 0 Å². The Morgan fingerprint density at radius 1 is 0.808 bits per heavy atom. The molecule has 0 aromatic heterocycles. The van der Waals surface area contributed by atoms with Crippen LogP contribution in [0, 0.1) is 0 Å². The third kappa shape index (κ3) is 4.15. The molecule has 0 N–H and O–H groups in total. The van der Waals surface area contributed by atoms with E-state index >= 15 is 0 Å². The second-order valence-corrected chi connectivity index (χ2v) is 9.16. The largest absolute Gasteiger partial charge is 0.490 e. The number of hydrogen-bond acceptors (Lipinski definition) is 4. The van der Waals surface area contributed by atoms with Gasteiger partial charge in [-0.05, 0) is 69.8 Å². The smallest absolute Gasteiger partial charge is 0.143 e. The van der Waals surface area contributed by atoms with E-state index in [1.54, 1.807) is 0 Å². The lowest BCUT2D eigenvalue weighted by Crippen LogP contribution is -2.08. The summed E-state index contributed by atoms with van der Waals surface area (Å²) in [6, 6.07) is 7.93. The minimum atomic E-state index is 0.162. The second kappa shape index (κ2) is 8.09. The van der Waals surface area contributed by atoms with Crippen molar-refractivity contribution in [2.24, 2.45) is 0 Å². The molecule has 2 aromatic rings. The predicted octanol–water partition coefficient (Wildman–Crippen LogP) is 5.96. The Bertz CT molecular complexity index is 834. The van der Waals surface area contributed by atoms with Crippen LogP contribution in [-0.4, -0.2) is 38.6 Å². The lowest BCUT2D eigenvalue weighted by atomic mass is 10.0. The van der Waals surface area contributed by atoms with Crippen LogP contribution in [0.15, 0.2) is 42.2 Å². The number of benzene rings is 2. The zero-order chi connectivity index (χ0) is 18.3. The molecule has 4 nitrogen and oxygen atoms in total. The minimum Gasteiger partial charge on any atom is -0.490 e. The van der Waals surface area contributed by atoms with Crippen molar-refractivity contribution < 1.29 is 18.9 Å². The van der Waals surface area contributed by atoms with Gasteiger partial charge in [-0.1, -0.05) is 18.2 Å². The van der Waals surface area contributed by atoms with Crippen LogP contribution in [0.1, 0.15) is 0 Å². The number of epoxide rings is 2. The Morgan fingerprint density at radius 2 is 1.38 bits per heavy atom. The van der Waals surface area contributed by atoms with Crippen molar-refractivity contribution in [3.63, 3.8) is 0 Å². The number of ether oxygens (including phenoxy) is 4. The van der Waals surface area contributed by atoms with E-state index in [0.717, 1.165) is 53.7 Å². The van der Waals surface area contributed by atoms with Gasteiger partial charge in [-0.25, -0.2) is 0 Å². The Hall–Kier alpha value is -0.120. The summed E-state index contributed by atoms with van der Waals surface area (Å²) in [6.45, 7) is 2.55. The summed E-state index contributed by atoms with van der Waals surface area (Å²) in [5.41, 5.74) is 1.86. The zero-order valence-corrected chi connectivity index (χ0v) is 19.8. The Balaban J connectivity index is 1.78.